The maximum absolute atomic E-state index is 5.16. The Bertz CT molecular complexity index is 1920. The molecular weight excluding hydrogens is 578 g/mol. The minimum atomic E-state index is 0. The van der Waals surface area contributed by atoms with E-state index in [-0.39, 0.29) is 19.5 Å². The van der Waals surface area contributed by atoms with E-state index < -0.39 is 0 Å². The van der Waals surface area contributed by atoms with Crippen LogP contribution in [0.15, 0.2) is 110 Å². The van der Waals surface area contributed by atoms with Gasteiger partial charge in [0.1, 0.15) is 0 Å². The van der Waals surface area contributed by atoms with Crippen molar-refractivity contribution in [2.75, 3.05) is 0 Å². The van der Waals surface area contributed by atoms with E-state index in [4.69, 9.17) is 19.9 Å². The topological polar surface area (TPSA) is 54.0 Å². The van der Waals surface area contributed by atoms with E-state index in [2.05, 4.69) is 86.0 Å². The molecule has 0 atom stereocenters. The number of nitrogens with zero attached hydrogens (tertiary/aromatic N) is 4. The van der Waals surface area contributed by atoms with Gasteiger partial charge in [-0.1, -0.05) is 103 Å². The average molecular weight is 606 g/mol. The van der Waals surface area contributed by atoms with Crippen molar-refractivity contribution in [3.05, 3.63) is 144 Å². The Kier molecular flexibility index (Phi) is 8.00. The van der Waals surface area contributed by atoms with E-state index in [1.807, 2.05) is 48.6 Å². The molecule has 2 aromatic carbocycles. The van der Waals surface area contributed by atoms with Crippen molar-refractivity contribution in [2.45, 2.75) is 12.8 Å². The summed E-state index contributed by atoms with van der Waals surface area (Å²) in [6.07, 6.45) is 13.4. The minimum Gasteiger partial charge on any atom is -0.657 e. The van der Waals surface area contributed by atoms with Crippen LogP contribution in [0, 0.1) is 0 Å². The predicted molar refractivity (Wildman–Crippen MR) is 175 cm³/mol. The van der Waals surface area contributed by atoms with Crippen molar-refractivity contribution in [3.63, 3.8) is 0 Å². The van der Waals surface area contributed by atoms with Crippen LogP contribution in [0.2, 0.25) is 0 Å². The van der Waals surface area contributed by atoms with Gasteiger partial charge in [0.25, 0.3) is 0 Å². The van der Waals surface area contributed by atoms with Crippen LogP contribution in [0.3, 0.4) is 0 Å². The first-order valence-corrected chi connectivity index (χ1v) is 14.1. The van der Waals surface area contributed by atoms with Gasteiger partial charge in [-0.2, -0.15) is 0 Å². The summed E-state index contributed by atoms with van der Waals surface area (Å²) < 4.78 is 0. The van der Waals surface area contributed by atoms with Gasteiger partial charge in [0, 0.05) is 5.56 Å². The molecule has 2 aliphatic heterocycles. The Morgan fingerprint density at radius 3 is 1.33 bits per heavy atom. The minimum absolute atomic E-state index is 0. The van der Waals surface area contributed by atoms with Crippen LogP contribution in [-0.4, -0.2) is 9.97 Å². The Labute approximate surface area is 264 Å². The molecule has 0 spiro atoms. The molecule has 43 heavy (non-hydrogen) atoms. The number of allylic oxidation sites excluding steroid dienone is 2. The van der Waals surface area contributed by atoms with Crippen LogP contribution in [0.1, 0.15) is 33.9 Å². The number of hydrogen-bond donors (Lipinski definition) is 0. The molecule has 202 valence electrons. The zero-order valence-corrected chi connectivity index (χ0v) is 26.8. The summed E-state index contributed by atoms with van der Waals surface area (Å²) in [7, 11) is 0. The molecule has 0 amide bonds. The van der Waals surface area contributed by atoms with E-state index in [1.54, 1.807) is 0 Å². The summed E-state index contributed by atoms with van der Waals surface area (Å²) in [5.74, 6) is 0. The molecule has 0 N–H and O–H groups in total. The zero-order valence-electron chi connectivity index (χ0n) is 23.9. The second-order valence-electron chi connectivity index (χ2n) is 10.3. The first kappa shape index (κ1) is 28.3. The summed E-state index contributed by atoms with van der Waals surface area (Å²) in [4.78, 5) is 20.7. The van der Waals surface area contributed by atoms with Crippen LogP contribution in [0.25, 0.3) is 68.6 Å². The van der Waals surface area contributed by atoms with Crippen molar-refractivity contribution in [2.24, 2.45) is 0 Å². The molecular formula is C38H28N4Zn. The summed E-state index contributed by atoms with van der Waals surface area (Å²) in [6.45, 7) is 8.07. The van der Waals surface area contributed by atoms with Gasteiger partial charge in [-0.3, -0.25) is 0 Å². The summed E-state index contributed by atoms with van der Waals surface area (Å²) in [5, 5.41) is 0. The van der Waals surface area contributed by atoms with Crippen molar-refractivity contribution >= 4 is 46.4 Å². The van der Waals surface area contributed by atoms with Crippen LogP contribution in [0.4, 0.5) is 0 Å². The van der Waals surface area contributed by atoms with Gasteiger partial charge in [-0.15, -0.1) is 35.2 Å². The molecule has 8 bridgehead atoms. The fraction of sp³-hybridized carbons (Fsp3) is 0.0526. The van der Waals surface area contributed by atoms with Gasteiger partial charge >= 0.3 is 19.5 Å². The molecule has 5 aromatic rings. The number of aromatic nitrogens is 4. The standard InChI is InChI=1S/C38H28N4.Zn/c1-3-11-27-29-17-21-33(39-29)37(25-13-7-5-8-14-25)35-23-19-31(41-35)28(12-4-2)32-20-24-36(42-32)38(26-15-9-6-10-16-26)34-22-18-30(27)40-34;/h3-10,13-24H,1-2,11-12H2;/q-2;+2. The maximum Gasteiger partial charge on any atom is 2.00 e. The SMILES string of the molecule is C=CCc1c2nc(c(-c3ccccc3)c3ccc([n-]3)c(CC=C)c3ccc([n-]3)c(-c3ccccc3)c3nc1C=C3)C=C2.[Zn+2]. The Hall–Kier alpha value is -4.86. The Morgan fingerprint density at radius 1 is 0.488 bits per heavy atom. The summed E-state index contributed by atoms with van der Waals surface area (Å²) in [5.41, 5.74) is 13.2. The average Bonchev–Trinajstić information content (AvgIpc) is 3.85. The zero-order chi connectivity index (χ0) is 28.5. The second kappa shape index (κ2) is 12.2. The maximum atomic E-state index is 5.16. The van der Waals surface area contributed by atoms with Crippen LogP contribution < -0.4 is 9.97 Å². The van der Waals surface area contributed by atoms with E-state index in [0.29, 0.717) is 12.8 Å². The van der Waals surface area contributed by atoms with Crippen LogP contribution in [-0.2, 0) is 32.3 Å². The summed E-state index contributed by atoms with van der Waals surface area (Å²) >= 11 is 0. The molecule has 3 aromatic heterocycles. The molecule has 0 saturated heterocycles. The number of benzene rings is 2. The van der Waals surface area contributed by atoms with Gasteiger partial charge in [0.2, 0.25) is 0 Å². The van der Waals surface area contributed by atoms with Crippen LogP contribution >= 0.6 is 0 Å². The van der Waals surface area contributed by atoms with E-state index in [9.17, 15) is 0 Å². The number of rotatable bonds is 6. The first-order valence-electron chi connectivity index (χ1n) is 14.1. The van der Waals surface area contributed by atoms with Crippen molar-refractivity contribution in [1.29, 1.82) is 0 Å². The van der Waals surface area contributed by atoms with E-state index in [1.165, 1.54) is 0 Å². The quantitative estimate of drug-likeness (QED) is 0.141. The third-order valence-electron chi connectivity index (χ3n) is 7.64. The van der Waals surface area contributed by atoms with E-state index in [0.717, 1.165) is 78.2 Å². The molecule has 2 aliphatic rings. The number of hydrogen-bond acceptors (Lipinski definition) is 2. The van der Waals surface area contributed by atoms with Crippen molar-refractivity contribution in [1.82, 2.24) is 19.9 Å². The summed E-state index contributed by atoms with van der Waals surface area (Å²) in [6, 6.07) is 29.0. The molecule has 0 radical (unpaired) electrons. The molecule has 0 fully saturated rings. The fourth-order valence-electron chi connectivity index (χ4n) is 5.71. The molecule has 4 nitrogen and oxygen atoms in total. The molecule has 0 aliphatic carbocycles. The second-order valence-corrected chi connectivity index (χ2v) is 10.3. The van der Waals surface area contributed by atoms with Gasteiger partial charge in [-0.05, 0) is 59.4 Å². The number of fused-ring (bicyclic) bond motifs is 8. The molecule has 5 heterocycles. The van der Waals surface area contributed by atoms with E-state index >= 15 is 0 Å². The third kappa shape index (κ3) is 5.29. The monoisotopic (exact) mass is 604 g/mol. The molecule has 0 saturated carbocycles. The van der Waals surface area contributed by atoms with Gasteiger partial charge in [0.05, 0.1) is 22.8 Å². The van der Waals surface area contributed by atoms with Crippen LogP contribution in [0.5, 0.6) is 0 Å². The molecule has 7 rings (SSSR count). The Balaban J connectivity index is 0.00000329. The van der Waals surface area contributed by atoms with Gasteiger partial charge < -0.3 is 9.97 Å². The van der Waals surface area contributed by atoms with Crippen molar-refractivity contribution < 1.29 is 19.5 Å². The Morgan fingerprint density at radius 2 is 0.884 bits per heavy atom. The predicted octanol–water partition coefficient (Wildman–Crippen LogP) is 8.70. The van der Waals surface area contributed by atoms with Gasteiger partial charge in [-0.25, -0.2) is 9.97 Å². The smallest absolute Gasteiger partial charge is 0.657 e. The molecule has 5 heteroatoms. The largest absolute Gasteiger partial charge is 2.00 e. The van der Waals surface area contributed by atoms with Gasteiger partial charge in [0.15, 0.2) is 0 Å². The van der Waals surface area contributed by atoms with Crippen molar-refractivity contribution in [3.8, 4) is 22.3 Å². The third-order valence-corrected chi connectivity index (χ3v) is 7.64. The molecule has 0 unspecified atom stereocenters. The first-order chi connectivity index (χ1) is 20.7. The normalized spacial score (nSPS) is 11.7. The fourth-order valence-corrected chi connectivity index (χ4v) is 5.71.